The van der Waals surface area contributed by atoms with Crippen LogP contribution >= 0.6 is 0 Å². The number of alkyl halides is 7. The molecule has 0 saturated heterocycles. The summed E-state index contributed by atoms with van der Waals surface area (Å²) in [7, 11) is 0. The third-order valence-electron chi connectivity index (χ3n) is 2.35. The fraction of sp³-hybridized carbons (Fsp3) is 0.455. The van der Waals surface area contributed by atoms with E-state index in [-0.39, 0.29) is 11.3 Å². The average molecular weight is 305 g/mol. The second-order valence-electron chi connectivity index (χ2n) is 3.87. The number of halogens is 7. The largest absolute Gasteiger partial charge is 0.487 e. The minimum absolute atomic E-state index is 0.204. The normalized spacial score (nSPS) is 12.8. The molecule has 0 heterocycles. The van der Waals surface area contributed by atoms with Crippen LogP contribution in [-0.2, 0) is 12.7 Å². The van der Waals surface area contributed by atoms with Crippen LogP contribution in [0.25, 0.3) is 0 Å². The van der Waals surface area contributed by atoms with Crippen LogP contribution in [0.1, 0.15) is 11.1 Å². The van der Waals surface area contributed by atoms with Gasteiger partial charge in [0.15, 0.2) is 6.61 Å². The van der Waals surface area contributed by atoms with Crippen LogP contribution in [0.2, 0.25) is 0 Å². The monoisotopic (exact) mass is 305 g/mol. The Morgan fingerprint density at radius 3 is 2.15 bits per heavy atom. The Balaban J connectivity index is 2.92. The summed E-state index contributed by atoms with van der Waals surface area (Å²) in [6.45, 7) is -2.07. The van der Waals surface area contributed by atoms with Gasteiger partial charge >= 0.3 is 18.5 Å². The van der Waals surface area contributed by atoms with Crippen molar-refractivity contribution in [2.24, 2.45) is 5.73 Å². The number of hydrogen-bond acceptors (Lipinski definition) is 2. The quantitative estimate of drug-likeness (QED) is 0.846. The van der Waals surface area contributed by atoms with Gasteiger partial charge < -0.3 is 10.5 Å². The van der Waals surface area contributed by atoms with Crippen molar-refractivity contribution < 1.29 is 35.5 Å². The topological polar surface area (TPSA) is 35.2 Å². The third kappa shape index (κ3) is 3.99. The molecule has 9 heteroatoms. The van der Waals surface area contributed by atoms with E-state index < -0.39 is 37.2 Å². The van der Waals surface area contributed by atoms with E-state index in [1.54, 1.807) is 0 Å². The molecule has 0 radical (unpaired) electrons. The van der Waals surface area contributed by atoms with Crippen molar-refractivity contribution >= 4 is 0 Å². The van der Waals surface area contributed by atoms with Crippen molar-refractivity contribution in [3.8, 4) is 5.75 Å². The lowest BCUT2D eigenvalue weighted by molar-refractivity contribution is -0.148. The van der Waals surface area contributed by atoms with Crippen molar-refractivity contribution in [3.05, 3.63) is 29.3 Å². The van der Waals surface area contributed by atoms with Gasteiger partial charge in [0.25, 0.3) is 0 Å². The van der Waals surface area contributed by atoms with E-state index in [0.717, 1.165) is 6.07 Å². The summed E-state index contributed by atoms with van der Waals surface area (Å²) < 4.78 is 90.8. The maximum Gasteiger partial charge on any atom is 0.416 e. The van der Waals surface area contributed by atoms with E-state index >= 15 is 0 Å². The highest BCUT2D eigenvalue weighted by Crippen LogP contribution is 2.33. The van der Waals surface area contributed by atoms with E-state index in [9.17, 15) is 30.7 Å². The molecule has 0 fully saturated rings. The highest BCUT2D eigenvalue weighted by atomic mass is 19.4. The molecule has 0 unspecified atom stereocenters. The van der Waals surface area contributed by atoms with Crippen molar-refractivity contribution in [1.29, 1.82) is 0 Å². The molecule has 0 saturated carbocycles. The Morgan fingerprint density at radius 1 is 1.10 bits per heavy atom. The summed E-state index contributed by atoms with van der Waals surface area (Å²) >= 11 is 0. The third-order valence-corrected chi connectivity index (χ3v) is 2.35. The van der Waals surface area contributed by atoms with Crippen LogP contribution in [0, 0.1) is 0 Å². The standard InChI is InChI=1S/C11H10F7NO/c12-9(13)10(14,15)5-20-8-2-1-7(11(16,17)18)3-6(8)4-19/h1-3,9H,4-5,19H2. The molecule has 0 aromatic heterocycles. The molecule has 0 aliphatic heterocycles. The summed E-state index contributed by atoms with van der Waals surface area (Å²) in [5.74, 6) is -4.78. The Labute approximate surface area is 109 Å². The van der Waals surface area contributed by atoms with Gasteiger partial charge in [0, 0.05) is 12.1 Å². The van der Waals surface area contributed by atoms with Gasteiger partial charge in [-0.25, -0.2) is 8.78 Å². The molecule has 114 valence electrons. The molecule has 0 spiro atoms. The van der Waals surface area contributed by atoms with E-state index in [1.165, 1.54) is 0 Å². The molecule has 1 aromatic rings. The van der Waals surface area contributed by atoms with Crippen LogP contribution in [-0.4, -0.2) is 19.0 Å². The Hall–Kier alpha value is -1.51. The average Bonchev–Trinajstić information content (AvgIpc) is 2.34. The van der Waals surface area contributed by atoms with Gasteiger partial charge in [0.2, 0.25) is 0 Å². The second kappa shape index (κ2) is 5.86. The smallest absolute Gasteiger partial charge is 0.416 e. The Bertz CT molecular complexity index is 459. The summed E-state index contributed by atoms with van der Waals surface area (Å²) in [6.07, 6.45) is -8.56. The minimum atomic E-state index is -4.63. The predicted molar refractivity (Wildman–Crippen MR) is 55.8 cm³/mol. The lowest BCUT2D eigenvalue weighted by Gasteiger charge is -2.18. The van der Waals surface area contributed by atoms with Crippen molar-refractivity contribution in [2.75, 3.05) is 6.61 Å². The van der Waals surface area contributed by atoms with Gasteiger partial charge in [-0.2, -0.15) is 22.0 Å². The molecule has 2 nitrogen and oxygen atoms in total. The molecular formula is C11H10F7NO. The summed E-state index contributed by atoms with van der Waals surface area (Å²) in [6, 6.07) is 1.98. The highest BCUT2D eigenvalue weighted by Gasteiger charge is 2.42. The lowest BCUT2D eigenvalue weighted by Crippen LogP contribution is -2.34. The first-order valence-electron chi connectivity index (χ1n) is 5.27. The van der Waals surface area contributed by atoms with Gasteiger partial charge in [-0.15, -0.1) is 0 Å². The van der Waals surface area contributed by atoms with Gasteiger partial charge in [-0.05, 0) is 18.2 Å². The van der Waals surface area contributed by atoms with E-state index in [4.69, 9.17) is 5.73 Å². The first-order valence-corrected chi connectivity index (χ1v) is 5.27. The molecular weight excluding hydrogens is 295 g/mol. The zero-order valence-corrected chi connectivity index (χ0v) is 9.85. The van der Waals surface area contributed by atoms with Crippen molar-refractivity contribution in [3.63, 3.8) is 0 Å². The number of benzene rings is 1. The SMILES string of the molecule is NCc1cc(C(F)(F)F)ccc1OCC(F)(F)C(F)F. The highest BCUT2D eigenvalue weighted by molar-refractivity contribution is 5.38. The van der Waals surface area contributed by atoms with Crippen LogP contribution in [0.5, 0.6) is 5.75 Å². The van der Waals surface area contributed by atoms with Gasteiger partial charge in [-0.3, -0.25) is 0 Å². The summed E-state index contributed by atoms with van der Waals surface area (Å²) in [5, 5.41) is 0. The second-order valence-corrected chi connectivity index (χ2v) is 3.87. The molecule has 1 rings (SSSR count). The number of hydrogen-bond donors (Lipinski definition) is 1. The molecule has 0 atom stereocenters. The molecule has 0 aliphatic rings. The number of ether oxygens (including phenoxy) is 1. The van der Waals surface area contributed by atoms with Gasteiger partial charge in [0.1, 0.15) is 5.75 Å². The van der Waals surface area contributed by atoms with E-state index in [2.05, 4.69) is 4.74 Å². The maximum absolute atomic E-state index is 12.6. The Morgan fingerprint density at radius 2 is 1.70 bits per heavy atom. The first-order chi connectivity index (χ1) is 9.08. The van der Waals surface area contributed by atoms with Crippen molar-refractivity contribution in [2.45, 2.75) is 25.1 Å². The fourth-order valence-electron chi connectivity index (χ4n) is 1.29. The van der Waals surface area contributed by atoms with Crippen LogP contribution in [0.15, 0.2) is 18.2 Å². The number of rotatable bonds is 5. The maximum atomic E-state index is 12.6. The zero-order valence-electron chi connectivity index (χ0n) is 9.85. The molecule has 0 bridgehead atoms. The van der Waals surface area contributed by atoms with Crippen LogP contribution in [0.4, 0.5) is 30.7 Å². The fourth-order valence-corrected chi connectivity index (χ4v) is 1.29. The zero-order chi connectivity index (χ0) is 15.6. The van der Waals surface area contributed by atoms with Crippen LogP contribution < -0.4 is 10.5 Å². The molecule has 2 N–H and O–H groups in total. The lowest BCUT2D eigenvalue weighted by atomic mass is 10.1. The van der Waals surface area contributed by atoms with E-state index in [0.29, 0.717) is 12.1 Å². The molecule has 1 aromatic carbocycles. The first kappa shape index (κ1) is 16.5. The van der Waals surface area contributed by atoms with Crippen LogP contribution in [0.3, 0.4) is 0 Å². The minimum Gasteiger partial charge on any atom is -0.487 e. The predicted octanol–water partition coefficient (Wildman–Crippen LogP) is 3.44. The number of nitrogens with two attached hydrogens (primary N) is 1. The van der Waals surface area contributed by atoms with Crippen molar-refractivity contribution in [1.82, 2.24) is 0 Å². The summed E-state index contributed by atoms with van der Waals surface area (Å²) in [4.78, 5) is 0. The van der Waals surface area contributed by atoms with Gasteiger partial charge in [-0.1, -0.05) is 0 Å². The molecule has 0 aliphatic carbocycles. The molecule has 0 amide bonds. The Kier molecular flexibility index (Phi) is 4.85. The van der Waals surface area contributed by atoms with Gasteiger partial charge in [0.05, 0.1) is 5.56 Å². The van der Waals surface area contributed by atoms with E-state index in [1.807, 2.05) is 0 Å². The summed E-state index contributed by atoms with van der Waals surface area (Å²) in [5.41, 5.74) is 3.94. The molecule has 20 heavy (non-hydrogen) atoms.